The number of nitrogens with one attached hydrogen (secondary N) is 1. The van der Waals surface area contributed by atoms with Crippen LogP contribution in [0.1, 0.15) is 42.4 Å². The second-order valence-corrected chi connectivity index (χ2v) is 8.35. The maximum absolute atomic E-state index is 14.1. The first-order chi connectivity index (χ1) is 17.5. The van der Waals surface area contributed by atoms with Crippen LogP contribution in [-0.2, 0) is 14.3 Å². The minimum absolute atomic E-state index is 0.0583. The van der Waals surface area contributed by atoms with Crippen LogP contribution in [0.2, 0.25) is 0 Å². The summed E-state index contributed by atoms with van der Waals surface area (Å²) in [7, 11) is 3.25. The molecule has 1 heterocycles. The van der Waals surface area contributed by atoms with E-state index in [-0.39, 0.29) is 37.1 Å². The summed E-state index contributed by atoms with van der Waals surface area (Å²) in [4.78, 5) is 26.3. The molecule has 1 amide bonds. The molecular weight excluding hydrogens is 459 g/mol. The van der Waals surface area contributed by atoms with E-state index in [0.29, 0.717) is 12.4 Å². The summed E-state index contributed by atoms with van der Waals surface area (Å²) < 4.78 is 24.2. The number of hydrogen-bond donors (Lipinski definition) is 1. The molecule has 3 aromatic rings. The number of allylic oxidation sites excluding steroid dienone is 1. The minimum atomic E-state index is -0.250. The highest BCUT2D eigenvalue weighted by molar-refractivity contribution is 5.81. The summed E-state index contributed by atoms with van der Waals surface area (Å²) >= 11 is 0. The Balaban J connectivity index is 0.00000115. The van der Waals surface area contributed by atoms with Crippen LogP contribution in [0.3, 0.4) is 0 Å². The van der Waals surface area contributed by atoms with Crippen LogP contribution in [-0.4, -0.2) is 44.5 Å². The lowest BCUT2D eigenvalue weighted by molar-refractivity contribution is -0.122. The van der Waals surface area contributed by atoms with Gasteiger partial charge in [0, 0.05) is 44.7 Å². The van der Waals surface area contributed by atoms with Gasteiger partial charge in [-0.3, -0.25) is 4.79 Å². The highest BCUT2D eigenvalue weighted by Crippen LogP contribution is 2.48. The third-order valence-electron chi connectivity index (χ3n) is 5.68. The van der Waals surface area contributed by atoms with E-state index in [4.69, 9.17) is 4.74 Å². The van der Waals surface area contributed by atoms with Crippen LogP contribution in [0.25, 0.3) is 17.2 Å². The number of ether oxygens (including phenoxy) is 2. The van der Waals surface area contributed by atoms with E-state index in [2.05, 4.69) is 27.2 Å². The van der Waals surface area contributed by atoms with Gasteiger partial charge in [0.2, 0.25) is 11.8 Å². The Morgan fingerprint density at radius 1 is 1.08 bits per heavy atom. The van der Waals surface area contributed by atoms with Gasteiger partial charge in [-0.1, -0.05) is 35.9 Å². The summed E-state index contributed by atoms with van der Waals surface area (Å²) in [5, 5.41) is 2.72. The van der Waals surface area contributed by atoms with E-state index in [1.807, 2.05) is 43.3 Å². The third kappa shape index (κ3) is 6.64. The molecule has 1 atom stereocenters. The van der Waals surface area contributed by atoms with Crippen LogP contribution in [0, 0.1) is 5.82 Å². The smallest absolute Gasteiger partial charge is 0.220 e. The first-order valence-corrected chi connectivity index (χ1v) is 11.7. The van der Waals surface area contributed by atoms with Crippen molar-refractivity contribution in [3.63, 3.8) is 0 Å². The zero-order valence-corrected chi connectivity index (χ0v) is 20.8. The fourth-order valence-electron chi connectivity index (χ4n) is 4.25. The van der Waals surface area contributed by atoms with Crippen LogP contribution in [0.5, 0.6) is 5.88 Å². The molecule has 188 valence electrons. The van der Waals surface area contributed by atoms with Crippen molar-refractivity contribution < 1.29 is 23.5 Å². The van der Waals surface area contributed by atoms with Gasteiger partial charge in [0.1, 0.15) is 18.7 Å². The predicted molar refractivity (Wildman–Crippen MR) is 138 cm³/mol. The Hall–Kier alpha value is -3.84. The Morgan fingerprint density at radius 3 is 2.61 bits per heavy atom. The standard InChI is InChI=1S/C27H25FN2O3.C2H6O/c1-18(26-23-8-3-2-7-21(23)22-11-10-20(28)17-24(22)26)16-19-6-4-12-30-27(19)33-15-13-29-25(32)9-5-14-31;1-3-2/h2-4,6-8,10-12,14,16-17,26H,5,9,13,15H2,1H3,(H,29,32);1-2H3. The molecule has 1 aliphatic carbocycles. The molecule has 0 saturated heterocycles. The highest BCUT2D eigenvalue weighted by atomic mass is 19.1. The molecule has 6 nitrogen and oxygen atoms in total. The van der Waals surface area contributed by atoms with E-state index in [1.165, 1.54) is 6.07 Å². The van der Waals surface area contributed by atoms with Gasteiger partial charge >= 0.3 is 0 Å². The largest absolute Gasteiger partial charge is 0.475 e. The van der Waals surface area contributed by atoms with E-state index in [1.54, 1.807) is 26.5 Å². The molecule has 1 aromatic heterocycles. The number of aromatic nitrogens is 1. The number of hydrogen-bond acceptors (Lipinski definition) is 5. The van der Waals surface area contributed by atoms with Gasteiger partial charge in [-0.2, -0.15) is 0 Å². The molecule has 0 radical (unpaired) electrons. The maximum atomic E-state index is 14.1. The molecule has 36 heavy (non-hydrogen) atoms. The Bertz CT molecular complexity index is 1230. The second kappa shape index (κ2) is 13.3. The highest BCUT2D eigenvalue weighted by Gasteiger charge is 2.30. The summed E-state index contributed by atoms with van der Waals surface area (Å²) in [6.07, 6.45) is 4.77. The average molecular weight is 491 g/mol. The summed E-state index contributed by atoms with van der Waals surface area (Å²) in [5.74, 6) is -0.0322. The zero-order chi connectivity index (χ0) is 25.9. The molecular formula is C29H31FN2O4. The van der Waals surface area contributed by atoms with Gasteiger partial charge in [0.25, 0.3) is 0 Å². The maximum Gasteiger partial charge on any atom is 0.220 e. The summed E-state index contributed by atoms with van der Waals surface area (Å²) in [5.41, 5.74) is 6.14. The lowest BCUT2D eigenvalue weighted by atomic mass is 9.89. The molecule has 0 bridgehead atoms. The Kier molecular flexibility index (Phi) is 9.89. The Labute approximate surface area is 211 Å². The predicted octanol–water partition coefficient (Wildman–Crippen LogP) is 5.17. The first-order valence-electron chi connectivity index (χ1n) is 11.7. The number of halogens is 1. The summed E-state index contributed by atoms with van der Waals surface area (Å²) in [6, 6.07) is 16.9. The van der Waals surface area contributed by atoms with Gasteiger partial charge in [0.15, 0.2) is 0 Å². The number of aldehydes is 1. The number of pyridine rings is 1. The van der Waals surface area contributed by atoms with Gasteiger partial charge in [-0.15, -0.1) is 0 Å². The molecule has 0 spiro atoms. The molecule has 7 heteroatoms. The number of methoxy groups -OCH3 is 1. The normalized spacial score (nSPS) is 13.7. The molecule has 1 unspecified atom stereocenters. The third-order valence-corrected chi connectivity index (χ3v) is 5.68. The van der Waals surface area contributed by atoms with Crippen molar-refractivity contribution in [3.8, 4) is 17.0 Å². The fourth-order valence-corrected chi connectivity index (χ4v) is 4.25. The zero-order valence-electron chi connectivity index (χ0n) is 20.8. The van der Waals surface area contributed by atoms with Crippen molar-refractivity contribution in [1.82, 2.24) is 10.3 Å². The lowest BCUT2D eigenvalue weighted by Crippen LogP contribution is -2.28. The molecule has 2 aromatic carbocycles. The van der Waals surface area contributed by atoms with Crippen LogP contribution in [0.4, 0.5) is 4.39 Å². The molecule has 4 rings (SSSR count). The van der Waals surface area contributed by atoms with Gasteiger partial charge in [0.05, 0.1) is 6.54 Å². The van der Waals surface area contributed by atoms with E-state index in [9.17, 15) is 14.0 Å². The Morgan fingerprint density at radius 2 is 1.83 bits per heavy atom. The number of carbonyl (C=O) groups is 2. The van der Waals surface area contributed by atoms with Gasteiger partial charge < -0.3 is 19.6 Å². The number of benzene rings is 2. The number of amides is 1. The van der Waals surface area contributed by atoms with Crippen molar-refractivity contribution in [3.05, 3.63) is 88.9 Å². The number of rotatable bonds is 9. The monoisotopic (exact) mass is 490 g/mol. The van der Waals surface area contributed by atoms with Crippen LogP contribution < -0.4 is 10.1 Å². The SMILES string of the molecule is CC(=Cc1cccnc1OCCNC(=O)CCC=O)C1c2ccccc2-c2ccc(F)cc21.COC. The van der Waals surface area contributed by atoms with Crippen LogP contribution >= 0.6 is 0 Å². The molecule has 1 aliphatic rings. The topological polar surface area (TPSA) is 77.5 Å². The summed E-state index contributed by atoms with van der Waals surface area (Å²) in [6.45, 7) is 2.61. The number of carbonyl (C=O) groups excluding carboxylic acids is 2. The minimum Gasteiger partial charge on any atom is -0.475 e. The first kappa shape index (κ1) is 26.8. The fraction of sp³-hybridized carbons (Fsp3) is 0.276. The van der Waals surface area contributed by atoms with Gasteiger partial charge in [-0.05, 0) is 59.5 Å². The number of fused-ring (bicyclic) bond motifs is 3. The van der Waals surface area contributed by atoms with Crippen molar-refractivity contribution in [1.29, 1.82) is 0 Å². The molecule has 0 aliphatic heterocycles. The molecule has 0 saturated carbocycles. The lowest BCUT2D eigenvalue weighted by Gasteiger charge is -2.16. The van der Waals surface area contributed by atoms with Crippen molar-refractivity contribution >= 4 is 18.3 Å². The van der Waals surface area contributed by atoms with Crippen LogP contribution in [0.15, 0.2) is 66.4 Å². The average Bonchev–Trinajstić information content (AvgIpc) is 3.20. The van der Waals surface area contributed by atoms with Crippen molar-refractivity contribution in [2.75, 3.05) is 27.4 Å². The van der Waals surface area contributed by atoms with E-state index < -0.39 is 0 Å². The number of nitrogens with zero attached hydrogens (tertiary/aromatic N) is 1. The molecule has 0 fully saturated rings. The van der Waals surface area contributed by atoms with Crippen molar-refractivity contribution in [2.45, 2.75) is 25.7 Å². The second-order valence-electron chi connectivity index (χ2n) is 8.35. The van der Waals surface area contributed by atoms with Gasteiger partial charge in [-0.25, -0.2) is 9.37 Å². The van der Waals surface area contributed by atoms with Crippen molar-refractivity contribution in [2.24, 2.45) is 0 Å². The van der Waals surface area contributed by atoms with E-state index in [0.717, 1.165) is 39.7 Å². The molecule has 1 N–H and O–H groups in total. The van der Waals surface area contributed by atoms with E-state index >= 15 is 0 Å². The quantitative estimate of drug-likeness (QED) is 0.331.